The standard InChI is InChI=1S/C24H25ClN4O3/c25-20-8-4-6-18-16-29(23(31)21(18)20)19-7-3-5-17(15-19)22(30)26-11-13-28(14-12-26)24(32)27-9-1-2-10-27/h3-8,15-16,31H,1-2,9-14H2. The van der Waals surface area contributed by atoms with E-state index < -0.39 is 0 Å². The molecular formula is C24H25ClN4O3. The molecule has 5 rings (SSSR count). The van der Waals surface area contributed by atoms with Gasteiger partial charge >= 0.3 is 6.03 Å². The van der Waals surface area contributed by atoms with Crippen LogP contribution in [-0.2, 0) is 0 Å². The number of halogens is 1. The Kier molecular flexibility index (Phi) is 5.43. The molecule has 0 spiro atoms. The highest BCUT2D eigenvalue weighted by Crippen LogP contribution is 2.35. The SMILES string of the molecule is O=C(c1cccc(-n2cc3cccc(Cl)c3c2O)c1)N1CCN(C(=O)N2CCCC2)CC1. The number of hydrogen-bond donors (Lipinski definition) is 1. The zero-order valence-electron chi connectivity index (χ0n) is 17.7. The Hall–Kier alpha value is -3.19. The van der Waals surface area contributed by atoms with E-state index in [0.717, 1.165) is 31.3 Å². The first-order chi connectivity index (χ1) is 15.5. The summed E-state index contributed by atoms with van der Waals surface area (Å²) >= 11 is 6.26. The second-order valence-electron chi connectivity index (χ2n) is 8.33. The number of hydrogen-bond acceptors (Lipinski definition) is 3. The molecule has 1 aromatic heterocycles. The van der Waals surface area contributed by atoms with Gasteiger partial charge < -0.3 is 19.8 Å². The van der Waals surface area contributed by atoms with E-state index in [4.69, 9.17) is 11.6 Å². The van der Waals surface area contributed by atoms with E-state index in [0.29, 0.717) is 47.8 Å². The van der Waals surface area contributed by atoms with Crippen molar-refractivity contribution in [3.05, 3.63) is 59.2 Å². The number of carbonyl (C=O) groups excluding carboxylic acids is 2. The number of rotatable bonds is 2. The normalized spacial score (nSPS) is 16.7. The van der Waals surface area contributed by atoms with E-state index in [1.165, 1.54) is 0 Å². The first kappa shape index (κ1) is 20.7. The fourth-order valence-electron chi connectivity index (χ4n) is 4.58. The van der Waals surface area contributed by atoms with Crippen LogP contribution in [0.2, 0.25) is 5.02 Å². The number of nitrogens with zero attached hydrogens (tertiary/aromatic N) is 4. The Bertz CT molecular complexity index is 1180. The molecule has 0 atom stereocenters. The molecule has 2 saturated heterocycles. The van der Waals surface area contributed by atoms with E-state index in [-0.39, 0.29) is 17.8 Å². The van der Waals surface area contributed by atoms with Crippen molar-refractivity contribution < 1.29 is 14.7 Å². The molecular weight excluding hydrogens is 428 g/mol. The highest BCUT2D eigenvalue weighted by molar-refractivity contribution is 6.36. The number of urea groups is 1. The third-order valence-corrected chi connectivity index (χ3v) is 6.67. The molecule has 2 aliphatic heterocycles. The summed E-state index contributed by atoms with van der Waals surface area (Å²) in [5.41, 5.74) is 1.23. The van der Waals surface area contributed by atoms with Crippen molar-refractivity contribution in [2.75, 3.05) is 39.3 Å². The van der Waals surface area contributed by atoms with Crippen molar-refractivity contribution in [1.82, 2.24) is 19.3 Å². The third kappa shape index (κ3) is 3.66. The topological polar surface area (TPSA) is 69.0 Å². The summed E-state index contributed by atoms with van der Waals surface area (Å²) in [4.78, 5) is 31.3. The predicted octanol–water partition coefficient (Wildman–Crippen LogP) is 3.96. The molecule has 2 aliphatic rings. The van der Waals surface area contributed by atoms with Crippen LogP contribution in [0, 0.1) is 0 Å². The molecule has 3 aromatic rings. The van der Waals surface area contributed by atoms with Gasteiger partial charge in [-0.05, 0) is 37.1 Å². The molecule has 7 nitrogen and oxygen atoms in total. The highest BCUT2D eigenvalue weighted by Gasteiger charge is 2.29. The molecule has 1 N–H and O–H groups in total. The monoisotopic (exact) mass is 452 g/mol. The van der Waals surface area contributed by atoms with Gasteiger partial charge in [-0.15, -0.1) is 0 Å². The highest BCUT2D eigenvalue weighted by atomic mass is 35.5. The lowest BCUT2D eigenvalue weighted by atomic mass is 10.1. The smallest absolute Gasteiger partial charge is 0.320 e. The van der Waals surface area contributed by atoms with E-state index in [2.05, 4.69) is 0 Å². The largest absolute Gasteiger partial charge is 0.494 e. The molecule has 0 radical (unpaired) electrons. The molecule has 3 heterocycles. The number of aromatic nitrogens is 1. The van der Waals surface area contributed by atoms with Crippen molar-refractivity contribution in [2.24, 2.45) is 0 Å². The molecule has 0 aliphatic carbocycles. The van der Waals surface area contributed by atoms with E-state index >= 15 is 0 Å². The maximum Gasteiger partial charge on any atom is 0.320 e. The first-order valence-electron chi connectivity index (χ1n) is 10.9. The van der Waals surface area contributed by atoms with Crippen LogP contribution in [0.4, 0.5) is 4.79 Å². The zero-order valence-corrected chi connectivity index (χ0v) is 18.5. The minimum Gasteiger partial charge on any atom is -0.494 e. The second kappa shape index (κ2) is 8.39. The van der Waals surface area contributed by atoms with Crippen LogP contribution >= 0.6 is 11.6 Å². The van der Waals surface area contributed by atoms with E-state index in [1.807, 2.05) is 34.2 Å². The molecule has 0 unspecified atom stereocenters. The van der Waals surface area contributed by atoms with Crippen LogP contribution in [0.25, 0.3) is 16.5 Å². The number of benzene rings is 2. The molecule has 0 saturated carbocycles. The number of aromatic hydroxyl groups is 1. The Morgan fingerprint density at radius 2 is 1.50 bits per heavy atom. The zero-order chi connectivity index (χ0) is 22.2. The van der Waals surface area contributed by atoms with Gasteiger partial charge in [0.25, 0.3) is 5.91 Å². The lowest BCUT2D eigenvalue weighted by molar-refractivity contribution is 0.0645. The van der Waals surface area contributed by atoms with Gasteiger partial charge in [-0.3, -0.25) is 9.36 Å². The van der Waals surface area contributed by atoms with Crippen LogP contribution in [0.15, 0.2) is 48.7 Å². The van der Waals surface area contributed by atoms with Gasteiger partial charge in [-0.25, -0.2) is 4.79 Å². The molecule has 2 fully saturated rings. The van der Waals surface area contributed by atoms with Crippen molar-refractivity contribution in [1.29, 1.82) is 0 Å². The Morgan fingerprint density at radius 3 is 2.22 bits per heavy atom. The lowest BCUT2D eigenvalue weighted by Gasteiger charge is -2.36. The lowest BCUT2D eigenvalue weighted by Crippen LogP contribution is -2.53. The van der Waals surface area contributed by atoms with Gasteiger partial charge in [-0.2, -0.15) is 0 Å². The summed E-state index contributed by atoms with van der Waals surface area (Å²) < 4.78 is 1.64. The maximum atomic E-state index is 13.1. The summed E-state index contributed by atoms with van der Waals surface area (Å²) in [6, 6.07) is 12.7. The molecule has 166 valence electrons. The predicted molar refractivity (Wildman–Crippen MR) is 124 cm³/mol. The average molecular weight is 453 g/mol. The minimum atomic E-state index is -0.0747. The Balaban J connectivity index is 1.32. The maximum absolute atomic E-state index is 13.1. The van der Waals surface area contributed by atoms with Crippen LogP contribution in [-0.4, -0.2) is 75.6 Å². The average Bonchev–Trinajstić information content (AvgIpc) is 3.47. The summed E-state index contributed by atoms with van der Waals surface area (Å²) in [6.07, 6.45) is 3.95. The van der Waals surface area contributed by atoms with Gasteiger partial charge in [0.2, 0.25) is 5.88 Å². The van der Waals surface area contributed by atoms with Crippen LogP contribution in [0.1, 0.15) is 23.2 Å². The van der Waals surface area contributed by atoms with Crippen molar-refractivity contribution >= 4 is 34.3 Å². The number of likely N-dealkylation sites (tertiary alicyclic amines) is 1. The summed E-state index contributed by atoms with van der Waals surface area (Å²) in [7, 11) is 0. The van der Waals surface area contributed by atoms with E-state index in [1.54, 1.807) is 33.7 Å². The van der Waals surface area contributed by atoms with Gasteiger partial charge in [0.1, 0.15) is 0 Å². The third-order valence-electron chi connectivity index (χ3n) is 6.35. The van der Waals surface area contributed by atoms with Gasteiger partial charge in [0, 0.05) is 62.1 Å². The Morgan fingerprint density at radius 1 is 0.844 bits per heavy atom. The van der Waals surface area contributed by atoms with Gasteiger partial charge in [0.15, 0.2) is 0 Å². The van der Waals surface area contributed by atoms with Crippen molar-refractivity contribution in [2.45, 2.75) is 12.8 Å². The molecule has 3 amide bonds. The Labute approximate surface area is 191 Å². The minimum absolute atomic E-state index is 0.0456. The number of fused-ring (bicyclic) bond motifs is 1. The quantitative estimate of drug-likeness (QED) is 0.639. The van der Waals surface area contributed by atoms with E-state index in [9.17, 15) is 14.7 Å². The van der Waals surface area contributed by atoms with Gasteiger partial charge in [0.05, 0.1) is 10.4 Å². The number of amides is 3. The molecule has 32 heavy (non-hydrogen) atoms. The van der Waals surface area contributed by atoms with Crippen molar-refractivity contribution in [3.63, 3.8) is 0 Å². The van der Waals surface area contributed by atoms with Crippen LogP contribution in [0.3, 0.4) is 0 Å². The molecule has 0 bridgehead atoms. The van der Waals surface area contributed by atoms with Crippen LogP contribution in [0.5, 0.6) is 5.88 Å². The summed E-state index contributed by atoms with van der Waals surface area (Å²) in [6.45, 7) is 3.77. The number of carbonyl (C=O) groups is 2. The number of piperazine rings is 1. The van der Waals surface area contributed by atoms with Gasteiger partial charge in [-0.1, -0.05) is 29.8 Å². The summed E-state index contributed by atoms with van der Waals surface area (Å²) in [5.74, 6) is -0.0291. The fourth-order valence-corrected chi connectivity index (χ4v) is 4.85. The second-order valence-corrected chi connectivity index (χ2v) is 8.74. The van der Waals surface area contributed by atoms with Crippen LogP contribution < -0.4 is 0 Å². The molecule has 8 heteroatoms. The first-order valence-corrected chi connectivity index (χ1v) is 11.3. The summed E-state index contributed by atoms with van der Waals surface area (Å²) in [5, 5.41) is 12.6. The fraction of sp³-hybridized carbons (Fsp3) is 0.333. The van der Waals surface area contributed by atoms with Crippen molar-refractivity contribution in [3.8, 4) is 11.6 Å². The molecule has 2 aromatic carbocycles.